The first-order valence-electron chi connectivity index (χ1n) is 4.98. The van der Waals surface area contributed by atoms with E-state index in [4.69, 9.17) is 11.6 Å². The van der Waals surface area contributed by atoms with Gasteiger partial charge < -0.3 is 5.32 Å². The molecular formula is C10H15ClN2OS. The number of aryl methyl sites for hydroxylation is 1. The Labute approximate surface area is 98.9 Å². The van der Waals surface area contributed by atoms with Crippen molar-refractivity contribution < 1.29 is 4.79 Å². The summed E-state index contributed by atoms with van der Waals surface area (Å²) >= 11 is 7.46. The van der Waals surface area contributed by atoms with Crippen molar-refractivity contribution in [3.8, 4) is 0 Å². The van der Waals surface area contributed by atoms with Crippen LogP contribution in [0.5, 0.6) is 0 Å². The maximum absolute atomic E-state index is 11.5. The first-order chi connectivity index (χ1) is 7.13. The summed E-state index contributed by atoms with van der Waals surface area (Å²) in [6, 6.07) is 0. The molecule has 0 aromatic carbocycles. The maximum atomic E-state index is 11.5. The van der Waals surface area contributed by atoms with Crippen LogP contribution in [0, 0.1) is 6.92 Å². The average Bonchev–Trinajstić information content (AvgIpc) is 2.62. The molecule has 0 fully saturated rings. The summed E-state index contributed by atoms with van der Waals surface area (Å²) in [7, 11) is 0. The van der Waals surface area contributed by atoms with Crippen molar-refractivity contribution >= 4 is 28.8 Å². The molecule has 0 radical (unpaired) electrons. The van der Waals surface area contributed by atoms with E-state index in [-0.39, 0.29) is 11.3 Å². The fourth-order valence-corrected chi connectivity index (χ4v) is 2.07. The molecule has 1 unspecified atom stereocenters. The third kappa shape index (κ3) is 4.18. The van der Waals surface area contributed by atoms with E-state index in [2.05, 4.69) is 17.2 Å². The van der Waals surface area contributed by atoms with Gasteiger partial charge in [0.25, 0.3) is 5.91 Å². The fraction of sp³-hybridized carbons (Fsp3) is 0.600. The topological polar surface area (TPSA) is 42.0 Å². The lowest BCUT2D eigenvalue weighted by molar-refractivity contribution is 0.0949. The van der Waals surface area contributed by atoms with Crippen LogP contribution < -0.4 is 5.32 Å². The number of rotatable bonds is 5. The highest BCUT2D eigenvalue weighted by Crippen LogP contribution is 2.08. The molecule has 1 rings (SSSR count). The second-order valence-corrected chi connectivity index (χ2v) is 5.03. The lowest BCUT2D eigenvalue weighted by Gasteiger charge is -2.08. The Morgan fingerprint density at radius 3 is 3.00 bits per heavy atom. The number of aromatic nitrogens is 1. The summed E-state index contributed by atoms with van der Waals surface area (Å²) in [6.45, 7) is 4.45. The van der Waals surface area contributed by atoms with E-state index in [1.807, 2.05) is 6.92 Å². The zero-order chi connectivity index (χ0) is 11.3. The summed E-state index contributed by atoms with van der Waals surface area (Å²) in [5.41, 5.74) is 0.484. The van der Waals surface area contributed by atoms with Gasteiger partial charge in [-0.25, -0.2) is 4.98 Å². The quantitative estimate of drug-likeness (QED) is 0.812. The number of hydrogen-bond acceptors (Lipinski definition) is 3. The van der Waals surface area contributed by atoms with Crippen molar-refractivity contribution in [3.63, 3.8) is 0 Å². The Morgan fingerprint density at radius 2 is 2.47 bits per heavy atom. The fourth-order valence-electron chi connectivity index (χ4n) is 1.18. The molecule has 0 aliphatic rings. The first kappa shape index (κ1) is 12.5. The van der Waals surface area contributed by atoms with Crippen LogP contribution in [-0.2, 0) is 0 Å². The Kier molecular flexibility index (Phi) is 5.05. The molecule has 1 N–H and O–H groups in total. The molecule has 1 amide bonds. The van der Waals surface area contributed by atoms with Crippen molar-refractivity contribution in [3.05, 3.63) is 16.1 Å². The van der Waals surface area contributed by atoms with Gasteiger partial charge in [-0.3, -0.25) is 4.79 Å². The third-order valence-corrected chi connectivity index (χ3v) is 3.08. The molecular weight excluding hydrogens is 232 g/mol. The highest BCUT2D eigenvalue weighted by atomic mass is 35.5. The molecule has 84 valence electrons. The predicted molar refractivity (Wildman–Crippen MR) is 63.7 cm³/mol. The molecule has 5 heteroatoms. The van der Waals surface area contributed by atoms with Crippen molar-refractivity contribution in [2.75, 3.05) is 6.54 Å². The van der Waals surface area contributed by atoms with Gasteiger partial charge >= 0.3 is 0 Å². The number of carbonyl (C=O) groups is 1. The standard InChI is InChI=1S/C10H15ClN2OS/c1-3-4-8(11)5-12-10(14)9-6-15-7(2)13-9/h6,8H,3-5H2,1-2H3,(H,12,14). The summed E-state index contributed by atoms with van der Waals surface area (Å²) in [4.78, 5) is 15.6. The minimum Gasteiger partial charge on any atom is -0.349 e. The van der Waals surface area contributed by atoms with Gasteiger partial charge in [-0.1, -0.05) is 13.3 Å². The van der Waals surface area contributed by atoms with Crippen LogP contribution in [0.15, 0.2) is 5.38 Å². The van der Waals surface area contributed by atoms with Crippen LogP contribution in [0.1, 0.15) is 35.3 Å². The maximum Gasteiger partial charge on any atom is 0.270 e. The van der Waals surface area contributed by atoms with Crippen molar-refractivity contribution in [2.24, 2.45) is 0 Å². The summed E-state index contributed by atoms with van der Waals surface area (Å²) in [5, 5.41) is 5.44. The molecule has 0 bridgehead atoms. The van der Waals surface area contributed by atoms with Gasteiger partial charge in [-0.2, -0.15) is 0 Å². The van der Waals surface area contributed by atoms with E-state index in [1.54, 1.807) is 5.38 Å². The van der Waals surface area contributed by atoms with E-state index >= 15 is 0 Å². The van der Waals surface area contributed by atoms with E-state index < -0.39 is 0 Å². The van der Waals surface area contributed by atoms with Crippen molar-refractivity contribution in [2.45, 2.75) is 32.1 Å². The molecule has 0 saturated heterocycles. The number of thiazole rings is 1. The molecule has 1 heterocycles. The molecule has 0 saturated carbocycles. The van der Waals surface area contributed by atoms with Crippen LogP contribution in [0.4, 0.5) is 0 Å². The second kappa shape index (κ2) is 6.08. The number of alkyl halides is 1. The van der Waals surface area contributed by atoms with Crippen LogP contribution >= 0.6 is 22.9 Å². The van der Waals surface area contributed by atoms with Crippen LogP contribution in [0.3, 0.4) is 0 Å². The SMILES string of the molecule is CCCC(Cl)CNC(=O)c1csc(C)n1. The largest absolute Gasteiger partial charge is 0.349 e. The van der Waals surface area contributed by atoms with Crippen LogP contribution in [-0.4, -0.2) is 22.8 Å². The minimum absolute atomic E-state index is 0.0127. The van der Waals surface area contributed by atoms with Gasteiger partial charge in [0.1, 0.15) is 5.69 Å². The summed E-state index contributed by atoms with van der Waals surface area (Å²) in [6.07, 6.45) is 1.94. The Morgan fingerprint density at radius 1 is 1.73 bits per heavy atom. The van der Waals surface area contributed by atoms with E-state index in [1.165, 1.54) is 11.3 Å². The molecule has 0 spiro atoms. The second-order valence-electron chi connectivity index (χ2n) is 3.35. The summed E-state index contributed by atoms with van der Waals surface area (Å²) < 4.78 is 0. The zero-order valence-electron chi connectivity index (χ0n) is 8.92. The van der Waals surface area contributed by atoms with E-state index in [9.17, 15) is 4.79 Å². The molecule has 0 aliphatic heterocycles. The van der Waals surface area contributed by atoms with Gasteiger partial charge in [-0.05, 0) is 13.3 Å². The monoisotopic (exact) mass is 246 g/mol. The molecule has 1 aromatic rings. The van der Waals surface area contributed by atoms with Crippen molar-refractivity contribution in [1.82, 2.24) is 10.3 Å². The van der Waals surface area contributed by atoms with E-state index in [0.29, 0.717) is 12.2 Å². The minimum atomic E-state index is -0.138. The smallest absolute Gasteiger partial charge is 0.270 e. The number of nitrogens with zero attached hydrogens (tertiary/aromatic N) is 1. The van der Waals surface area contributed by atoms with Crippen molar-refractivity contribution in [1.29, 1.82) is 0 Å². The average molecular weight is 247 g/mol. The highest BCUT2D eigenvalue weighted by molar-refractivity contribution is 7.09. The Balaban J connectivity index is 2.36. The predicted octanol–water partition coefficient (Wildman–Crippen LogP) is 2.59. The number of carbonyl (C=O) groups excluding carboxylic acids is 1. The van der Waals surface area contributed by atoms with E-state index in [0.717, 1.165) is 17.8 Å². The molecule has 15 heavy (non-hydrogen) atoms. The zero-order valence-corrected chi connectivity index (χ0v) is 10.5. The number of nitrogens with one attached hydrogen (secondary N) is 1. The Hall–Kier alpha value is -0.610. The summed E-state index contributed by atoms with van der Waals surface area (Å²) in [5.74, 6) is -0.138. The number of halogens is 1. The van der Waals surface area contributed by atoms with Crippen LogP contribution in [0.25, 0.3) is 0 Å². The molecule has 1 atom stereocenters. The highest BCUT2D eigenvalue weighted by Gasteiger charge is 2.10. The normalized spacial score (nSPS) is 12.5. The lowest BCUT2D eigenvalue weighted by atomic mass is 10.2. The van der Waals surface area contributed by atoms with Gasteiger partial charge in [0.2, 0.25) is 0 Å². The Bertz CT molecular complexity index is 327. The lowest BCUT2D eigenvalue weighted by Crippen LogP contribution is -2.29. The molecule has 3 nitrogen and oxygen atoms in total. The first-order valence-corrected chi connectivity index (χ1v) is 6.29. The number of amides is 1. The number of hydrogen-bond donors (Lipinski definition) is 1. The van der Waals surface area contributed by atoms with Gasteiger partial charge in [0, 0.05) is 11.9 Å². The van der Waals surface area contributed by atoms with Gasteiger partial charge in [0.05, 0.1) is 10.4 Å². The van der Waals surface area contributed by atoms with Crippen LogP contribution in [0.2, 0.25) is 0 Å². The molecule has 0 aliphatic carbocycles. The third-order valence-electron chi connectivity index (χ3n) is 1.94. The van der Waals surface area contributed by atoms with Gasteiger partial charge in [-0.15, -0.1) is 22.9 Å². The van der Waals surface area contributed by atoms with Gasteiger partial charge in [0.15, 0.2) is 0 Å². The molecule has 1 aromatic heterocycles.